The zero-order valence-electron chi connectivity index (χ0n) is 10.6. The summed E-state index contributed by atoms with van der Waals surface area (Å²) >= 11 is 0. The lowest BCUT2D eigenvalue weighted by Gasteiger charge is -2.31. The molecule has 1 aliphatic rings. The Balaban J connectivity index is 2.51. The van der Waals surface area contributed by atoms with Crippen molar-refractivity contribution >= 4 is 17.6 Å². The molecule has 1 saturated heterocycles. The van der Waals surface area contributed by atoms with Crippen LogP contribution in [0.15, 0.2) is 12.1 Å². The molecule has 0 unspecified atom stereocenters. The van der Waals surface area contributed by atoms with Gasteiger partial charge in [0.25, 0.3) is 0 Å². The number of carboxylic acids is 2. The summed E-state index contributed by atoms with van der Waals surface area (Å²) in [7, 11) is 0. The van der Waals surface area contributed by atoms with Gasteiger partial charge in [0.15, 0.2) is 0 Å². The molecule has 2 rings (SSSR count). The third kappa shape index (κ3) is 2.53. The molecule has 0 radical (unpaired) electrons. The van der Waals surface area contributed by atoms with Gasteiger partial charge in [0.1, 0.15) is 0 Å². The molecule has 0 bridgehead atoms. The monoisotopic (exact) mass is 264 g/mol. The molecule has 6 heteroatoms. The summed E-state index contributed by atoms with van der Waals surface area (Å²) in [6.07, 6.45) is 0. The summed E-state index contributed by atoms with van der Waals surface area (Å²) < 4.78 is 0. The summed E-state index contributed by atoms with van der Waals surface area (Å²) in [6, 6.07) is 3.06. The first kappa shape index (κ1) is 13.4. The Hall–Kier alpha value is -2.08. The molecule has 0 atom stereocenters. The second-order valence-corrected chi connectivity index (χ2v) is 4.48. The van der Waals surface area contributed by atoms with Gasteiger partial charge in [-0.25, -0.2) is 9.59 Å². The maximum atomic E-state index is 11.4. The molecule has 1 heterocycles. The molecular formula is C13H16N2O4. The van der Waals surface area contributed by atoms with Crippen molar-refractivity contribution in [1.82, 2.24) is 5.32 Å². The number of rotatable bonds is 3. The Labute approximate surface area is 110 Å². The third-order valence-corrected chi connectivity index (χ3v) is 3.34. The van der Waals surface area contributed by atoms with Gasteiger partial charge >= 0.3 is 11.9 Å². The quantitative estimate of drug-likeness (QED) is 0.748. The second-order valence-electron chi connectivity index (χ2n) is 4.48. The van der Waals surface area contributed by atoms with Gasteiger partial charge in [-0.05, 0) is 24.6 Å². The highest BCUT2D eigenvalue weighted by Gasteiger charge is 2.23. The lowest BCUT2D eigenvalue weighted by Crippen LogP contribution is -2.44. The molecule has 0 amide bonds. The van der Waals surface area contributed by atoms with Crippen molar-refractivity contribution in [2.24, 2.45) is 0 Å². The molecule has 0 saturated carbocycles. The number of piperazine rings is 1. The Morgan fingerprint density at radius 3 is 2.32 bits per heavy atom. The molecule has 0 aliphatic carbocycles. The predicted molar refractivity (Wildman–Crippen MR) is 70.2 cm³/mol. The fraction of sp³-hybridized carbons (Fsp3) is 0.385. The van der Waals surface area contributed by atoms with E-state index in [0.717, 1.165) is 13.1 Å². The van der Waals surface area contributed by atoms with E-state index in [4.69, 9.17) is 5.11 Å². The predicted octanol–water partition coefficient (Wildman–Crippen LogP) is 0.801. The Kier molecular flexibility index (Phi) is 3.71. The first-order chi connectivity index (χ1) is 9.02. The molecule has 6 nitrogen and oxygen atoms in total. The highest BCUT2D eigenvalue weighted by atomic mass is 16.4. The van der Waals surface area contributed by atoms with E-state index in [0.29, 0.717) is 24.3 Å². The molecular weight excluding hydrogens is 248 g/mol. The Morgan fingerprint density at radius 1 is 1.16 bits per heavy atom. The largest absolute Gasteiger partial charge is 0.478 e. The second kappa shape index (κ2) is 5.27. The molecule has 0 aromatic heterocycles. The summed E-state index contributed by atoms with van der Waals surface area (Å²) in [4.78, 5) is 24.5. The zero-order chi connectivity index (χ0) is 14.0. The highest BCUT2D eigenvalue weighted by molar-refractivity contribution is 6.01. The van der Waals surface area contributed by atoms with Crippen LogP contribution in [0.25, 0.3) is 0 Å². The van der Waals surface area contributed by atoms with Gasteiger partial charge < -0.3 is 20.4 Å². The van der Waals surface area contributed by atoms with Crippen LogP contribution < -0.4 is 10.2 Å². The molecule has 1 aromatic carbocycles. The average Bonchev–Trinajstić information content (AvgIpc) is 2.38. The van der Waals surface area contributed by atoms with Crippen LogP contribution in [0.2, 0.25) is 0 Å². The van der Waals surface area contributed by atoms with Crippen molar-refractivity contribution in [3.8, 4) is 0 Å². The minimum Gasteiger partial charge on any atom is -0.478 e. The molecule has 19 heavy (non-hydrogen) atoms. The summed E-state index contributed by atoms with van der Waals surface area (Å²) in [6.45, 7) is 4.55. The van der Waals surface area contributed by atoms with Crippen LogP contribution in [0.4, 0.5) is 5.69 Å². The van der Waals surface area contributed by atoms with Crippen molar-refractivity contribution in [3.63, 3.8) is 0 Å². The highest BCUT2D eigenvalue weighted by Crippen LogP contribution is 2.27. The normalized spacial score (nSPS) is 15.3. The van der Waals surface area contributed by atoms with Gasteiger partial charge in [0.2, 0.25) is 0 Å². The van der Waals surface area contributed by atoms with Gasteiger partial charge in [-0.1, -0.05) is 0 Å². The van der Waals surface area contributed by atoms with Crippen LogP contribution in [0, 0.1) is 6.92 Å². The number of hydrogen-bond acceptors (Lipinski definition) is 4. The summed E-state index contributed by atoms with van der Waals surface area (Å²) in [5.41, 5.74) is 1.02. The lowest BCUT2D eigenvalue weighted by atomic mass is 9.99. The summed E-state index contributed by atoms with van der Waals surface area (Å²) in [5, 5.41) is 21.6. The van der Waals surface area contributed by atoms with Crippen LogP contribution in [0.1, 0.15) is 26.3 Å². The maximum Gasteiger partial charge on any atom is 0.338 e. The fourth-order valence-corrected chi connectivity index (χ4v) is 2.37. The minimum atomic E-state index is -1.10. The van der Waals surface area contributed by atoms with Gasteiger partial charge in [0, 0.05) is 26.2 Å². The van der Waals surface area contributed by atoms with E-state index in [9.17, 15) is 14.7 Å². The van der Waals surface area contributed by atoms with Gasteiger partial charge in [-0.3, -0.25) is 0 Å². The van der Waals surface area contributed by atoms with Crippen molar-refractivity contribution < 1.29 is 19.8 Å². The SMILES string of the molecule is Cc1c(C(=O)O)ccc(N2CCNCC2)c1C(=O)O. The molecule has 3 N–H and O–H groups in total. The van der Waals surface area contributed by atoms with Crippen LogP contribution in [-0.2, 0) is 0 Å². The first-order valence-electron chi connectivity index (χ1n) is 6.08. The number of anilines is 1. The minimum absolute atomic E-state index is 0.0382. The number of nitrogens with zero attached hydrogens (tertiary/aromatic N) is 1. The molecule has 1 fully saturated rings. The number of benzene rings is 1. The van der Waals surface area contributed by atoms with E-state index < -0.39 is 11.9 Å². The Morgan fingerprint density at radius 2 is 1.79 bits per heavy atom. The lowest BCUT2D eigenvalue weighted by molar-refractivity contribution is 0.0696. The molecule has 102 valence electrons. The van der Waals surface area contributed by atoms with Gasteiger partial charge in [-0.2, -0.15) is 0 Å². The average molecular weight is 264 g/mol. The molecule has 1 aliphatic heterocycles. The number of aromatic carboxylic acids is 2. The zero-order valence-corrected chi connectivity index (χ0v) is 10.6. The van der Waals surface area contributed by atoms with Crippen LogP contribution in [-0.4, -0.2) is 48.3 Å². The maximum absolute atomic E-state index is 11.4. The van der Waals surface area contributed by atoms with E-state index in [-0.39, 0.29) is 11.1 Å². The third-order valence-electron chi connectivity index (χ3n) is 3.34. The van der Waals surface area contributed by atoms with Gasteiger partial charge in [-0.15, -0.1) is 0 Å². The first-order valence-corrected chi connectivity index (χ1v) is 6.08. The van der Waals surface area contributed by atoms with E-state index in [1.54, 1.807) is 13.0 Å². The fourth-order valence-electron chi connectivity index (χ4n) is 2.37. The van der Waals surface area contributed by atoms with Crippen molar-refractivity contribution in [2.75, 3.05) is 31.1 Å². The molecule has 0 spiro atoms. The molecule has 1 aromatic rings. The number of carboxylic acid groups (broad SMARTS) is 2. The van der Waals surface area contributed by atoms with Gasteiger partial charge in [0.05, 0.1) is 16.8 Å². The summed E-state index contributed by atoms with van der Waals surface area (Å²) in [5.74, 6) is -2.19. The Bertz CT molecular complexity index is 522. The smallest absolute Gasteiger partial charge is 0.338 e. The van der Waals surface area contributed by atoms with E-state index in [1.165, 1.54) is 6.07 Å². The van der Waals surface area contributed by atoms with Crippen molar-refractivity contribution in [1.29, 1.82) is 0 Å². The number of hydrogen-bond donors (Lipinski definition) is 3. The van der Waals surface area contributed by atoms with Crippen LogP contribution in [0.3, 0.4) is 0 Å². The van der Waals surface area contributed by atoms with Crippen LogP contribution in [0.5, 0.6) is 0 Å². The topological polar surface area (TPSA) is 89.9 Å². The van der Waals surface area contributed by atoms with E-state index >= 15 is 0 Å². The van der Waals surface area contributed by atoms with E-state index in [1.807, 2.05) is 4.90 Å². The number of nitrogens with one attached hydrogen (secondary N) is 1. The van der Waals surface area contributed by atoms with Crippen LogP contribution >= 0.6 is 0 Å². The van der Waals surface area contributed by atoms with Crippen molar-refractivity contribution in [3.05, 3.63) is 28.8 Å². The standard InChI is InChI=1S/C13H16N2O4/c1-8-9(12(16)17)2-3-10(11(8)13(18)19)15-6-4-14-5-7-15/h2-3,14H,4-7H2,1H3,(H,16,17)(H,18,19). The number of carbonyl (C=O) groups is 2. The van der Waals surface area contributed by atoms with Crippen molar-refractivity contribution in [2.45, 2.75) is 6.92 Å². The van der Waals surface area contributed by atoms with E-state index in [2.05, 4.69) is 5.32 Å².